The van der Waals surface area contributed by atoms with E-state index in [-0.39, 0.29) is 0 Å². The van der Waals surface area contributed by atoms with Crippen molar-refractivity contribution in [1.82, 2.24) is 20.5 Å². The molecule has 0 amide bonds. The highest BCUT2D eigenvalue weighted by molar-refractivity contribution is 5.74. The van der Waals surface area contributed by atoms with Gasteiger partial charge in [-0.05, 0) is 25.6 Å². The molecule has 1 unspecified atom stereocenters. The molecule has 5 heteroatoms. The predicted octanol–water partition coefficient (Wildman–Crippen LogP) is 0.823. The Morgan fingerprint density at radius 3 is 2.82 bits per heavy atom. The molecule has 1 aliphatic heterocycles. The van der Waals surface area contributed by atoms with Gasteiger partial charge in [0.15, 0.2) is 0 Å². The molecule has 17 heavy (non-hydrogen) atoms. The highest BCUT2D eigenvalue weighted by Crippen LogP contribution is 2.17. The van der Waals surface area contributed by atoms with Crippen LogP contribution >= 0.6 is 0 Å². The number of rotatable bonds is 2. The van der Waals surface area contributed by atoms with E-state index in [0.29, 0.717) is 6.04 Å². The fourth-order valence-corrected chi connectivity index (χ4v) is 2.18. The maximum Gasteiger partial charge on any atom is 0.245 e. The van der Waals surface area contributed by atoms with E-state index in [1.807, 2.05) is 31.3 Å². The second-order valence-corrected chi connectivity index (χ2v) is 4.32. The first-order valence-electron chi connectivity index (χ1n) is 5.88. The summed E-state index contributed by atoms with van der Waals surface area (Å²) >= 11 is 0. The zero-order valence-corrected chi connectivity index (χ0v) is 9.80. The van der Waals surface area contributed by atoms with Crippen molar-refractivity contribution in [3.05, 3.63) is 24.3 Å². The van der Waals surface area contributed by atoms with Gasteiger partial charge in [0, 0.05) is 19.1 Å². The van der Waals surface area contributed by atoms with Gasteiger partial charge in [-0.3, -0.25) is 0 Å². The molecule has 3 rings (SSSR count). The summed E-state index contributed by atoms with van der Waals surface area (Å²) in [5.41, 5.74) is 1.76. The van der Waals surface area contributed by atoms with Crippen LogP contribution in [0.2, 0.25) is 0 Å². The largest absolute Gasteiger partial charge is 0.338 e. The molecule has 5 nitrogen and oxygen atoms in total. The maximum absolute atomic E-state index is 4.55. The Bertz CT molecular complexity index is 527. The number of nitrogens with zero attached hydrogens (tertiary/aromatic N) is 4. The van der Waals surface area contributed by atoms with Crippen LogP contribution in [0.15, 0.2) is 24.3 Å². The molecule has 0 saturated carbocycles. The number of aromatic nitrogens is 3. The van der Waals surface area contributed by atoms with Gasteiger partial charge in [0.25, 0.3) is 0 Å². The molecule has 0 aliphatic carbocycles. The second kappa shape index (κ2) is 4.25. The number of benzene rings is 1. The third-order valence-corrected chi connectivity index (χ3v) is 3.23. The normalized spacial score (nSPS) is 20.1. The van der Waals surface area contributed by atoms with E-state index in [2.05, 4.69) is 25.4 Å². The lowest BCUT2D eigenvalue weighted by Crippen LogP contribution is -2.30. The van der Waals surface area contributed by atoms with Crippen molar-refractivity contribution in [3.8, 4) is 0 Å². The van der Waals surface area contributed by atoms with Gasteiger partial charge in [0.1, 0.15) is 5.52 Å². The van der Waals surface area contributed by atoms with Crippen molar-refractivity contribution < 1.29 is 0 Å². The number of hydrogen-bond acceptors (Lipinski definition) is 5. The van der Waals surface area contributed by atoms with Gasteiger partial charge in [-0.25, -0.2) is 4.98 Å². The van der Waals surface area contributed by atoms with Gasteiger partial charge >= 0.3 is 0 Å². The van der Waals surface area contributed by atoms with E-state index in [1.165, 1.54) is 0 Å². The third-order valence-electron chi connectivity index (χ3n) is 3.23. The summed E-state index contributed by atoms with van der Waals surface area (Å²) < 4.78 is 0. The smallest absolute Gasteiger partial charge is 0.245 e. The minimum atomic E-state index is 0.532. The van der Waals surface area contributed by atoms with Gasteiger partial charge in [-0.1, -0.05) is 12.1 Å². The quantitative estimate of drug-likeness (QED) is 0.826. The SMILES string of the molecule is CNC1CCN(c2nnc3ccccc3n2)C1. The van der Waals surface area contributed by atoms with Crippen molar-refractivity contribution in [2.75, 3.05) is 25.0 Å². The Balaban J connectivity index is 1.91. The van der Waals surface area contributed by atoms with Crippen LogP contribution in [-0.2, 0) is 0 Å². The fraction of sp³-hybridized carbons (Fsp3) is 0.417. The summed E-state index contributed by atoms with van der Waals surface area (Å²) in [5.74, 6) is 0.737. The molecule has 0 spiro atoms. The van der Waals surface area contributed by atoms with Crippen molar-refractivity contribution in [3.63, 3.8) is 0 Å². The molecule has 1 N–H and O–H groups in total. The van der Waals surface area contributed by atoms with Gasteiger partial charge < -0.3 is 10.2 Å². The average molecular weight is 229 g/mol. The number of hydrogen-bond donors (Lipinski definition) is 1. The standard InChI is InChI=1S/C12H15N5/c1-13-9-6-7-17(8-9)12-14-10-4-2-3-5-11(10)15-16-12/h2-5,9,13H,6-8H2,1H3. The van der Waals surface area contributed by atoms with Crippen LogP contribution in [0.4, 0.5) is 5.95 Å². The second-order valence-electron chi connectivity index (χ2n) is 4.32. The van der Waals surface area contributed by atoms with Crippen molar-refractivity contribution >= 4 is 17.0 Å². The van der Waals surface area contributed by atoms with Crippen molar-refractivity contribution in [2.45, 2.75) is 12.5 Å². The molecule has 2 aromatic rings. The van der Waals surface area contributed by atoms with Crippen LogP contribution in [0.3, 0.4) is 0 Å². The number of nitrogens with one attached hydrogen (secondary N) is 1. The molecule has 1 aromatic heterocycles. The lowest BCUT2D eigenvalue weighted by Gasteiger charge is -2.15. The molecule has 88 valence electrons. The van der Waals surface area contributed by atoms with E-state index in [9.17, 15) is 0 Å². The summed E-state index contributed by atoms with van der Waals surface area (Å²) in [4.78, 5) is 6.73. The number of para-hydroxylation sites is 1. The van der Waals surface area contributed by atoms with Gasteiger partial charge in [-0.2, -0.15) is 0 Å². The molecule has 1 aliphatic rings. The molecule has 1 fully saturated rings. The van der Waals surface area contributed by atoms with Crippen molar-refractivity contribution in [2.24, 2.45) is 0 Å². The average Bonchev–Trinajstić information content (AvgIpc) is 2.87. The first kappa shape index (κ1) is 10.4. The molecule has 2 heterocycles. The lowest BCUT2D eigenvalue weighted by atomic mass is 10.3. The lowest BCUT2D eigenvalue weighted by molar-refractivity contribution is 0.616. The van der Waals surface area contributed by atoms with Gasteiger partial charge in [0.05, 0.1) is 5.52 Å². The first-order chi connectivity index (χ1) is 8.36. The minimum Gasteiger partial charge on any atom is -0.338 e. The fourth-order valence-electron chi connectivity index (χ4n) is 2.18. The van der Waals surface area contributed by atoms with E-state index < -0.39 is 0 Å². The molecular formula is C12H15N5. The van der Waals surface area contributed by atoms with E-state index in [4.69, 9.17) is 0 Å². The van der Waals surface area contributed by atoms with E-state index >= 15 is 0 Å². The van der Waals surface area contributed by atoms with Crippen LogP contribution < -0.4 is 10.2 Å². The molecule has 1 saturated heterocycles. The minimum absolute atomic E-state index is 0.532. The number of likely N-dealkylation sites (N-methyl/N-ethyl adjacent to an activating group) is 1. The van der Waals surface area contributed by atoms with E-state index in [1.54, 1.807) is 0 Å². The molecule has 1 atom stereocenters. The van der Waals surface area contributed by atoms with Crippen LogP contribution in [0.25, 0.3) is 11.0 Å². The Morgan fingerprint density at radius 2 is 2.06 bits per heavy atom. The van der Waals surface area contributed by atoms with E-state index in [0.717, 1.165) is 36.5 Å². The Hall–Kier alpha value is -1.75. The van der Waals surface area contributed by atoms with Crippen LogP contribution in [-0.4, -0.2) is 41.4 Å². The van der Waals surface area contributed by atoms with Crippen molar-refractivity contribution in [1.29, 1.82) is 0 Å². The molecule has 0 bridgehead atoms. The first-order valence-corrected chi connectivity index (χ1v) is 5.88. The number of fused-ring (bicyclic) bond motifs is 1. The Morgan fingerprint density at radius 1 is 1.24 bits per heavy atom. The maximum atomic E-state index is 4.55. The predicted molar refractivity (Wildman–Crippen MR) is 67.0 cm³/mol. The molecular weight excluding hydrogens is 214 g/mol. The summed E-state index contributed by atoms with van der Waals surface area (Å²) in [5, 5.41) is 11.7. The molecule has 0 radical (unpaired) electrons. The Labute approximate surface area is 99.9 Å². The summed E-state index contributed by atoms with van der Waals surface area (Å²) in [7, 11) is 1.99. The van der Waals surface area contributed by atoms with Gasteiger partial charge in [0.2, 0.25) is 5.95 Å². The van der Waals surface area contributed by atoms with Gasteiger partial charge in [-0.15, -0.1) is 10.2 Å². The zero-order valence-electron chi connectivity index (χ0n) is 9.80. The van der Waals surface area contributed by atoms with Crippen LogP contribution in [0.5, 0.6) is 0 Å². The summed E-state index contributed by atoms with van der Waals surface area (Å²) in [6.07, 6.45) is 1.13. The Kier molecular flexibility index (Phi) is 2.60. The highest BCUT2D eigenvalue weighted by Gasteiger charge is 2.23. The van der Waals surface area contributed by atoms with Crippen LogP contribution in [0, 0.1) is 0 Å². The summed E-state index contributed by atoms with van der Waals surface area (Å²) in [6.45, 7) is 1.95. The topological polar surface area (TPSA) is 53.9 Å². The molecule has 1 aromatic carbocycles. The monoisotopic (exact) mass is 229 g/mol. The highest BCUT2D eigenvalue weighted by atomic mass is 15.3. The van der Waals surface area contributed by atoms with Crippen LogP contribution in [0.1, 0.15) is 6.42 Å². The zero-order chi connectivity index (χ0) is 11.7. The summed E-state index contributed by atoms with van der Waals surface area (Å²) in [6, 6.07) is 8.36. The number of anilines is 1. The third kappa shape index (κ3) is 1.93.